The van der Waals surface area contributed by atoms with Gasteiger partial charge in [-0.1, -0.05) is 31.9 Å². The maximum atomic E-state index is 12.0. The standard InChI is InChI=1S/C13H16Br2N2O/c14-11-4-10(5-12(15)6-11)13(18)17-8-9-2-1-3-16-7-9/h4-6,9,16H,1-3,7-8H2,(H,17,18). The first kappa shape index (κ1) is 14.0. The zero-order valence-corrected chi connectivity index (χ0v) is 13.2. The number of rotatable bonds is 3. The molecule has 0 saturated carbocycles. The summed E-state index contributed by atoms with van der Waals surface area (Å²) in [5.74, 6) is 0.542. The van der Waals surface area contributed by atoms with E-state index < -0.39 is 0 Å². The number of piperidine rings is 1. The summed E-state index contributed by atoms with van der Waals surface area (Å²) in [5.41, 5.74) is 0.681. The van der Waals surface area contributed by atoms with Gasteiger partial charge in [0, 0.05) is 21.1 Å². The third-order valence-electron chi connectivity index (χ3n) is 3.07. The van der Waals surface area contributed by atoms with Crippen molar-refractivity contribution in [3.05, 3.63) is 32.7 Å². The van der Waals surface area contributed by atoms with Crippen molar-refractivity contribution in [2.24, 2.45) is 5.92 Å². The number of hydrogen-bond donors (Lipinski definition) is 2. The number of hydrogen-bond acceptors (Lipinski definition) is 2. The Bertz CT molecular complexity index is 411. The number of amides is 1. The van der Waals surface area contributed by atoms with E-state index in [2.05, 4.69) is 42.5 Å². The minimum atomic E-state index is -0.0115. The van der Waals surface area contributed by atoms with E-state index in [0.717, 1.165) is 28.6 Å². The van der Waals surface area contributed by atoms with E-state index in [-0.39, 0.29) is 5.91 Å². The summed E-state index contributed by atoms with van der Waals surface area (Å²) >= 11 is 6.78. The quantitative estimate of drug-likeness (QED) is 0.852. The molecule has 2 rings (SSSR count). The molecule has 1 aliphatic heterocycles. The zero-order valence-electron chi connectivity index (χ0n) is 10.0. The summed E-state index contributed by atoms with van der Waals surface area (Å²) in [6.45, 7) is 2.85. The van der Waals surface area contributed by atoms with Crippen LogP contribution in [-0.2, 0) is 0 Å². The van der Waals surface area contributed by atoms with Crippen LogP contribution in [0.1, 0.15) is 23.2 Å². The summed E-state index contributed by atoms with van der Waals surface area (Å²) in [7, 11) is 0. The minimum Gasteiger partial charge on any atom is -0.352 e. The molecule has 5 heteroatoms. The van der Waals surface area contributed by atoms with E-state index in [9.17, 15) is 4.79 Å². The fourth-order valence-corrected chi connectivity index (χ4v) is 3.42. The lowest BCUT2D eigenvalue weighted by atomic mass is 10.00. The Morgan fingerprint density at radius 2 is 2.06 bits per heavy atom. The van der Waals surface area contributed by atoms with Crippen LogP contribution in [0.5, 0.6) is 0 Å². The van der Waals surface area contributed by atoms with Crippen molar-refractivity contribution >= 4 is 37.8 Å². The van der Waals surface area contributed by atoms with Gasteiger partial charge in [0.15, 0.2) is 0 Å². The molecule has 1 heterocycles. The molecule has 1 saturated heterocycles. The second kappa shape index (κ2) is 6.68. The summed E-state index contributed by atoms with van der Waals surface area (Å²) < 4.78 is 1.81. The molecule has 1 amide bonds. The third kappa shape index (κ3) is 4.07. The molecule has 3 nitrogen and oxygen atoms in total. The Balaban J connectivity index is 1.90. The highest BCUT2D eigenvalue weighted by Crippen LogP contribution is 2.20. The largest absolute Gasteiger partial charge is 0.352 e. The summed E-state index contributed by atoms with van der Waals surface area (Å²) in [6.07, 6.45) is 2.39. The minimum absolute atomic E-state index is 0.0115. The summed E-state index contributed by atoms with van der Waals surface area (Å²) in [4.78, 5) is 12.0. The third-order valence-corrected chi connectivity index (χ3v) is 3.99. The van der Waals surface area contributed by atoms with Crippen molar-refractivity contribution in [1.82, 2.24) is 10.6 Å². The predicted molar refractivity (Wildman–Crippen MR) is 79.8 cm³/mol. The Morgan fingerprint density at radius 3 is 2.67 bits per heavy atom. The first-order chi connectivity index (χ1) is 8.65. The Kier molecular flexibility index (Phi) is 5.21. The van der Waals surface area contributed by atoms with E-state index in [4.69, 9.17) is 0 Å². The lowest BCUT2D eigenvalue weighted by molar-refractivity contribution is 0.0944. The molecule has 1 aliphatic rings. The van der Waals surface area contributed by atoms with Crippen LogP contribution in [0.25, 0.3) is 0 Å². The van der Waals surface area contributed by atoms with Gasteiger partial charge < -0.3 is 10.6 Å². The molecule has 0 aliphatic carbocycles. The second-order valence-electron chi connectivity index (χ2n) is 4.58. The molecule has 1 aromatic rings. The second-order valence-corrected chi connectivity index (χ2v) is 6.41. The topological polar surface area (TPSA) is 41.1 Å². The molecule has 0 bridgehead atoms. The first-order valence-corrected chi connectivity index (χ1v) is 7.69. The van der Waals surface area contributed by atoms with E-state index in [1.54, 1.807) is 0 Å². The van der Waals surface area contributed by atoms with Gasteiger partial charge in [0.05, 0.1) is 0 Å². The molecular weight excluding hydrogens is 360 g/mol. The molecule has 1 aromatic carbocycles. The fourth-order valence-electron chi connectivity index (χ4n) is 2.12. The van der Waals surface area contributed by atoms with Crippen molar-refractivity contribution < 1.29 is 4.79 Å². The predicted octanol–water partition coefficient (Wildman–Crippen LogP) is 2.94. The lowest BCUT2D eigenvalue weighted by Crippen LogP contribution is -2.38. The van der Waals surface area contributed by atoms with Gasteiger partial charge in [0.1, 0.15) is 0 Å². The van der Waals surface area contributed by atoms with Gasteiger partial charge >= 0.3 is 0 Å². The molecule has 2 N–H and O–H groups in total. The van der Waals surface area contributed by atoms with Crippen LogP contribution in [0, 0.1) is 5.92 Å². The molecule has 0 aromatic heterocycles. The molecule has 98 valence electrons. The number of carbonyl (C=O) groups is 1. The van der Waals surface area contributed by atoms with Crippen molar-refractivity contribution in [2.45, 2.75) is 12.8 Å². The summed E-state index contributed by atoms with van der Waals surface area (Å²) in [5, 5.41) is 6.35. The van der Waals surface area contributed by atoms with E-state index in [0.29, 0.717) is 11.5 Å². The lowest BCUT2D eigenvalue weighted by Gasteiger charge is -2.22. The van der Waals surface area contributed by atoms with E-state index >= 15 is 0 Å². The van der Waals surface area contributed by atoms with Crippen molar-refractivity contribution in [3.63, 3.8) is 0 Å². The molecule has 1 fully saturated rings. The number of nitrogens with one attached hydrogen (secondary N) is 2. The average Bonchev–Trinajstić information content (AvgIpc) is 2.36. The normalized spacial score (nSPS) is 19.6. The molecule has 1 unspecified atom stereocenters. The van der Waals surface area contributed by atoms with Gasteiger partial charge in [-0.05, 0) is 50.0 Å². The highest BCUT2D eigenvalue weighted by atomic mass is 79.9. The number of carbonyl (C=O) groups excluding carboxylic acids is 1. The van der Waals surface area contributed by atoms with Gasteiger partial charge in [-0.15, -0.1) is 0 Å². The number of halogens is 2. The average molecular weight is 376 g/mol. The summed E-state index contributed by atoms with van der Waals surface area (Å²) in [6, 6.07) is 5.58. The molecule has 0 spiro atoms. The van der Waals surface area contributed by atoms with Crippen LogP contribution in [0.4, 0.5) is 0 Å². The molecule has 18 heavy (non-hydrogen) atoms. The highest BCUT2D eigenvalue weighted by molar-refractivity contribution is 9.11. The van der Waals surface area contributed by atoms with Crippen LogP contribution in [-0.4, -0.2) is 25.5 Å². The van der Waals surface area contributed by atoms with Gasteiger partial charge in [-0.3, -0.25) is 4.79 Å². The van der Waals surface area contributed by atoms with Gasteiger partial charge in [0.25, 0.3) is 5.91 Å². The van der Waals surface area contributed by atoms with Gasteiger partial charge in [-0.25, -0.2) is 0 Å². The van der Waals surface area contributed by atoms with Crippen LogP contribution < -0.4 is 10.6 Å². The van der Waals surface area contributed by atoms with Crippen LogP contribution in [0.2, 0.25) is 0 Å². The Labute approximate surface area is 124 Å². The van der Waals surface area contributed by atoms with Gasteiger partial charge in [0.2, 0.25) is 0 Å². The van der Waals surface area contributed by atoms with Crippen LogP contribution in [0.15, 0.2) is 27.1 Å². The van der Waals surface area contributed by atoms with Crippen molar-refractivity contribution in [1.29, 1.82) is 0 Å². The Hall–Kier alpha value is -0.390. The maximum absolute atomic E-state index is 12.0. The van der Waals surface area contributed by atoms with E-state index in [1.807, 2.05) is 18.2 Å². The van der Waals surface area contributed by atoms with Crippen LogP contribution in [0.3, 0.4) is 0 Å². The van der Waals surface area contributed by atoms with Crippen LogP contribution >= 0.6 is 31.9 Å². The zero-order chi connectivity index (χ0) is 13.0. The fraction of sp³-hybridized carbons (Fsp3) is 0.462. The SMILES string of the molecule is O=C(NCC1CCCNC1)c1cc(Br)cc(Br)c1. The van der Waals surface area contributed by atoms with E-state index in [1.165, 1.54) is 12.8 Å². The maximum Gasteiger partial charge on any atom is 0.251 e. The molecular formula is C13H16Br2N2O. The molecule has 1 atom stereocenters. The number of benzene rings is 1. The Morgan fingerprint density at radius 1 is 1.33 bits per heavy atom. The van der Waals surface area contributed by atoms with Gasteiger partial charge in [-0.2, -0.15) is 0 Å². The monoisotopic (exact) mass is 374 g/mol. The smallest absolute Gasteiger partial charge is 0.251 e. The highest BCUT2D eigenvalue weighted by Gasteiger charge is 2.14. The van der Waals surface area contributed by atoms with Crippen molar-refractivity contribution in [2.75, 3.05) is 19.6 Å². The molecule has 0 radical (unpaired) electrons. The first-order valence-electron chi connectivity index (χ1n) is 6.10. The van der Waals surface area contributed by atoms with Crippen molar-refractivity contribution in [3.8, 4) is 0 Å².